The van der Waals surface area contributed by atoms with Crippen LogP contribution in [0.5, 0.6) is 0 Å². The number of hydrazine groups is 1. The Labute approximate surface area is 103 Å². The second-order valence-corrected chi connectivity index (χ2v) is 4.60. The zero-order valence-electron chi connectivity index (χ0n) is 8.82. The fraction of sp³-hybridized carbons (Fsp3) is 0.364. The minimum absolute atomic E-state index is 0.0506. The fourth-order valence-corrected chi connectivity index (χ4v) is 2.41. The first-order chi connectivity index (χ1) is 7.72. The van der Waals surface area contributed by atoms with Gasteiger partial charge in [-0.1, -0.05) is 34.1 Å². The number of hydrogen-bond acceptors (Lipinski definition) is 3. The molecular formula is C11H14BrN3O. The van der Waals surface area contributed by atoms with Crippen LogP contribution in [0.25, 0.3) is 0 Å². The third kappa shape index (κ3) is 2.26. The number of rotatable bonds is 3. The lowest BCUT2D eigenvalue weighted by atomic mass is 10.1. The molecule has 1 atom stereocenters. The van der Waals surface area contributed by atoms with Gasteiger partial charge in [0.05, 0.1) is 6.04 Å². The van der Waals surface area contributed by atoms with Crippen molar-refractivity contribution in [2.75, 3.05) is 13.1 Å². The predicted molar refractivity (Wildman–Crippen MR) is 65.4 cm³/mol. The second kappa shape index (κ2) is 4.95. The molecule has 2 rings (SSSR count). The SMILES string of the molecule is NCCN1NC(c2ccccc2Br)CC1=O. The largest absolute Gasteiger partial charge is 0.329 e. The van der Waals surface area contributed by atoms with Crippen LogP contribution < -0.4 is 11.2 Å². The van der Waals surface area contributed by atoms with Crippen LogP contribution in [0.3, 0.4) is 0 Å². The van der Waals surface area contributed by atoms with Crippen LogP contribution in [0.15, 0.2) is 28.7 Å². The highest BCUT2D eigenvalue weighted by Gasteiger charge is 2.30. The molecule has 0 radical (unpaired) electrons. The van der Waals surface area contributed by atoms with Crippen molar-refractivity contribution in [3.63, 3.8) is 0 Å². The maximum Gasteiger partial charge on any atom is 0.238 e. The summed E-state index contributed by atoms with van der Waals surface area (Å²) in [6.07, 6.45) is 0.489. The number of hydrogen-bond donors (Lipinski definition) is 2. The third-order valence-electron chi connectivity index (χ3n) is 2.62. The Bertz CT molecular complexity index is 397. The Morgan fingerprint density at radius 3 is 2.94 bits per heavy atom. The van der Waals surface area contributed by atoms with Crippen molar-refractivity contribution in [2.45, 2.75) is 12.5 Å². The van der Waals surface area contributed by atoms with Gasteiger partial charge in [-0.3, -0.25) is 9.80 Å². The number of amides is 1. The van der Waals surface area contributed by atoms with Gasteiger partial charge in [-0.25, -0.2) is 5.43 Å². The summed E-state index contributed by atoms with van der Waals surface area (Å²) in [7, 11) is 0. The Morgan fingerprint density at radius 1 is 1.50 bits per heavy atom. The molecule has 0 spiro atoms. The number of nitrogens with two attached hydrogens (primary N) is 1. The van der Waals surface area contributed by atoms with Crippen LogP contribution in [0.1, 0.15) is 18.0 Å². The van der Waals surface area contributed by atoms with E-state index in [4.69, 9.17) is 5.73 Å². The predicted octanol–water partition coefficient (Wildman–Crippen LogP) is 1.19. The van der Waals surface area contributed by atoms with E-state index in [9.17, 15) is 4.79 Å². The van der Waals surface area contributed by atoms with Crippen LogP contribution in [0.2, 0.25) is 0 Å². The summed E-state index contributed by atoms with van der Waals surface area (Å²) < 4.78 is 1.02. The molecule has 1 aliphatic heterocycles. The van der Waals surface area contributed by atoms with E-state index in [2.05, 4.69) is 21.4 Å². The van der Waals surface area contributed by atoms with Crippen molar-refractivity contribution in [1.82, 2.24) is 10.4 Å². The lowest BCUT2D eigenvalue weighted by Gasteiger charge is -2.17. The van der Waals surface area contributed by atoms with Gasteiger partial charge in [0.2, 0.25) is 5.91 Å². The molecule has 1 fully saturated rings. The van der Waals surface area contributed by atoms with Crippen molar-refractivity contribution in [3.8, 4) is 0 Å². The molecule has 3 N–H and O–H groups in total. The minimum Gasteiger partial charge on any atom is -0.329 e. The van der Waals surface area contributed by atoms with E-state index in [1.807, 2.05) is 24.3 Å². The summed E-state index contributed by atoms with van der Waals surface area (Å²) in [6.45, 7) is 1.03. The van der Waals surface area contributed by atoms with Gasteiger partial charge >= 0.3 is 0 Å². The number of halogens is 1. The standard InChI is InChI=1S/C11H14BrN3O/c12-9-4-2-1-3-8(9)10-7-11(16)15(14-10)6-5-13/h1-4,10,14H,5-7,13H2. The number of nitrogens with one attached hydrogen (secondary N) is 1. The van der Waals surface area contributed by atoms with Gasteiger partial charge in [0.15, 0.2) is 0 Å². The molecule has 0 bridgehead atoms. The van der Waals surface area contributed by atoms with E-state index in [1.54, 1.807) is 5.01 Å². The Kier molecular flexibility index (Phi) is 3.58. The first-order valence-corrected chi connectivity index (χ1v) is 6.02. The molecule has 16 heavy (non-hydrogen) atoms. The maximum absolute atomic E-state index is 11.7. The van der Waals surface area contributed by atoms with Crippen LogP contribution in [-0.4, -0.2) is 24.0 Å². The Balaban J connectivity index is 2.14. The van der Waals surface area contributed by atoms with Gasteiger partial charge in [0.25, 0.3) is 0 Å². The maximum atomic E-state index is 11.7. The second-order valence-electron chi connectivity index (χ2n) is 3.74. The van der Waals surface area contributed by atoms with Gasteiger partial charge in [-0.05, 0) is 11.6 Å². The van der Waals surface area contributed by atoms with Crippen molar-refractivity contribution in [2.24, 2.45) is 5.73 Å². The van der Waals surface area contributed by atoms with E-state index in [0.717, 1.165) is 10.0 Å². The van der Waals surface area contributed by atoms with Gasteiger partial charge < -0.3 is 5.73 Å². The molecule has 1 aliphatic rings. The molecule has 1 heterocycles. The number of carbonyl (C=O) groups excluding carboxylic acids is 1. The summed E-state index contributed by atoms with van der Waals surface area (Å²) in [5.41, 5.74) is 9.72. The average molecular weight is 284 g/mol. The van der Waals surface area contributed by atoms with Gasteiger partial charge in [0.1, 0.15) is 0 Å². The van der Waals surface area contributed by atoms with Crippen LogP contribution >= 0.6 is 15.9 Å². The van der Waals surface area contributed by atoms with Crippen molar-refractivity contribution in [1.29, 1.82) is 0 Å². The summed E-state index contributed by atoms with van der Waals surface area (Å²) in [5.74, 6) is 0.103. The molecule has 86 valence electrons. The van der Waals surface area contributed by atoms with Crippen molar-refractivity contribution >= 4 is 21.8 Å². The minimum atomic E-state index is 0.0506. The molecule has 0 aliphatic carbocycles. The molecule has 0 aromatic heterocycles. The van der Waals surface area contributed by atoms with E-state index in [1.165, 1.54) is 0 Å². The average Bonchev–Trinajstić information content (AvgIpc) is 2.61. The normalized spacial score (nSPS) is 20.5. The lowest BCUT2D eigenvalue weighted by Crippen LogP contribution is -2.38. The zero-order chi connectivity index (χ0) is 11.5. The molecule has 5 heteroatoms. The topological polar surface area (TPSA) is 58.4 Å². The molecule has 1 unspecified atom stereocenters. The van der Waals surface area contributed by atoms with E-state index in [0.29, 0.717) is 19.5 Å². The van der Waals surface area contributed by atoms with Gasteiger partial charge in [-0.2, -0.15) is 0 Å². The number of nitrogens with zero attached hydrogens (tertiary/aromatic N) is 1. The first-order valence-electron chi connectivity index (χ1n) is 5.23. The fourth-order valence-electron chi connectivity index (χ4n) is 1.85. The van der Waals surface area contributed by atoms with Crippen molar-refractivity contribution < 1.29 is 4.79 Å². The monoisotopic (exact) mass is 283 g/mol. The van der Waals surface area contributed by atoms with Crippen LogP contribution in [0.4, 0.5) is 0 Å². The quantitative estimate of drug-likeness (QED) is 0.876. The third-order valence-corrected chi connectivity index (χ3v) is 3.35. The van der Waals surface area contributed by atoms with E-state index < -0.39 is 0 Å². The molecule has 1 aromatic rings. The van der Waals surface area contributed by atoms with Crippen LogP contribution in [-0.2, 0) is 4.79 Å². The summed E-state index contributed by atoms with van der Waals surface area (Å²) >= 11 is 3.49. The molecule has 1 saturated heterocycles. The van der Waals surface area contributed by atoms with Gasteiger partial charge in [-0.15, -0.1) is 0 Å². The molecular weight excluding hydrogens is 270 g/mol. The van der Waals surface area contributed by atoms with E-state index >= 15 is 0 Å². The highest BCUT2D eigenvalue weighted by Crippen LogP contribution is 2.29. The van der Waals surface area contributed by atoms with E-state index in [-0.39, 0.29) is 11.9 Å². The number of carbonyl (C=O) groups is 1. The highest BCUT2D eigenvalue weighted by molar-refractivity contribution is 9.10. The molecule has 1 aromatic carbocycles. The Morgan fingerprint density at radius 2 is 2.25 bits per heavy atom. The van der Waals surface area contributed by atoms with Crippen LogP contribution in [0, 0.1) is 0 Å². The molecule has 1 amide bonds. The summed E-state index contributed by atoms with van der Waals surface area (Å²) in [4.78, 5) is 11.7. The summed E-state index contributed by atoms with van der Waals surface area (Å²) in [6, 6.07) is 7.98. The Hall–Kier alpha value is -0.910. The smallest absolute Gasteiger partial charge is 0.238 e. The van der Waals surface area contributed by atoms with Gasteiger partial charge in [0, 0.05) is 24.0 Å². The molecule has 0 saturated carbocycles. The first kappa shape index (κ1) is 11.6. The van der Waals surface area contributed by atoms with Crippen molar-refractivity contribution in [3.05, 3.63) is 34.3 Å². The number of benzene rings is 1. The molecule has 4 nitrogen and oxygen atoms in total. The zero-order valence-corrected chi connectivity index (χ0v) is 10.4. The lowest BCUT2D eigenvalue weighted by molar-refractivity contribution is -0.129. The summed E-state index contributed by atoms with van der Waals surface area (Å²) in [5, 5.41) is 1.60. The highest BCUT2D eigenvalue weighted by atomic mass is 79.9.